The zero-order chi connectivity index (χ0) is 17.7. The molecule has 4 nitrogen and oxygen atoms in total. The van der Waals surface area contributed by atoms with Gasteiger partial charge in [0.2, 0.25) is 5.91 Å². The molecule has 2 atom stereocenters. The topological polar surface area (TPSA) is 62.2 Å². The van der Waals surface area contributed by atoms with Crippen LogP contribution >= 0.6 is 11.6 Å². The summed E-state index contributed by atoms with van der Waals surface area (Å²) in [6, 6.07) is 10.5. The molecule has 2 N–H and O–H groups in total. The van der Waals surface area contributed by atoms with Crippen molar-refractivity contribution in [1.82, 2.24) is 10.3 Å². The number of halogens is 1. The van der Waals surface area contributed by atoms with Crippen LogP contribution in [0.1, 0.15) is 49.2 Å². The van der Waals surface area contributed by atoms with Gasteiger partial charge in [0.25, 0.3) is 0 Å². The lowest BCUT2D eigenvalue weighted by molar-refractivity contribution is -0.124. The molecule has 1 aromatic heterocycles. The van der Waals surface area contributed by atoms with Crippen molar-refractivity contribution in [2.45, 2.75) is 39.3 Å². The molecule has 1 heterocycles. The molecule has 128 valence electrons. The Balaban J connectivity index is 2.06. The van der Waals surface area contributed by atoms with Crippen molar-refractivity contribution < 1.29 is 9.90 Å². The normalized spacial score (nSPS) is 13.6. The van der Waals surface area contributed by atoms with Crippen molar-refractivity contribution in [2.24, 2.45) is 5.92 Å². The van der Waals surface area contributed by atoms with Gasteiger partial charge in [-0.1, -0.05) is 43.6 Å². The number of aromatic nitrogens is 1. The molecule has 0 saturated carbocycles. The van der Waals surface area contributed by atoms with Crippen LogP contribution in [0.15, 0.2) is 42.6 Å². The van der Waals surface area contributed by atoms with E-state index in [2.05, 4.69) is 10.3 Å². The number of nitrogens with zero attached hydrogens (tertiary/aromatic N) is 1. The summed E-state index contributed by atoms with van der Waals surface area (Å²) in [4.78, 5) is 16.8. The number of benzene rings is 1. The van der Waals surface area contributed by atoms with Crippen LogP contribution in [0.3, 0.4) is 0 Å². The zero-order valence-corrected chi connectivity index (χ0v) is 14.9. The molecule has 0 aliphatic carbocycles. The minimum absolute atomic E-state index is 0.00324. The average molecular weight is 347 g/mol. The van der Waals surface area contributed by atoms with E-state index in [1.54, 1.807) is 30.5 Å². The van der Waals surface area contributed by atoms with Gasteiger partial charge in [-0.2, -0.15) is 0 Å². The smallest absolute Gasteiger partial charge is 0.223 e. The third-order valence-corrected chi connectivity index (χ3v) is 4.21. The highest BCUT2D eigenvalue weighted by molar-refractivity contribution is 6.30. The number of aliphatic hydroxyl groups is 1. The molecule has 1 amide bonds. The Morgan fingerprint density at radius 1 is 1.25 bits per heavy atom. The van der Waals surface area contributed by atoms with Gasteiger partial charge in [0.05, 0.1) is 24.3 Å². The van der Waals surface area contributed by atoms with Crippen LogP contribution in [-0.2, 0) is 4.79 Å². The Kier molecular flexibility index (Phi) is 6.35. The lowest BCUT2D eigenvalue weighted by Crippen LogP contribution is -2.33. The van der Waals surface area contributed by atoms with Crippen molar-refractivity contribution >= 4 is 17.5 Å². The van der Waals surface area contributed by atoms with Gasteiger partial charge < -0.3 is 10.4 Å². The zero-order valence-electron chi connectivity index (χ0n) is 14.2. The van der Waals surface area contributed by atoms with E-state index in [1.165, 1.54) is 0 Å². The molecule has 2 aromatic rings. The Morgan fingerprint density at radius 3 is 2.50 bits per heavy atom. The molecular formula is C19H23ClN2O2. The maximum Gasteiger partial charge on any atom is 0.223 e. The lowest BCUT2D eigenvalue weighted by Gasteiger charge is -2.24. The quantitative estimate of drug-likeness (QED) is 0.831. The summed E-state index contributed by atoms with van der Waals surface area (Å²) in [6.07, 6.45) is 0.864. The predicted octanol–water partition coefficient (Wildman–Crippen LogP) is 3.98. The van der Waals surface area contributed by atoms with Crippen LogP contribution in [0.5, 0.6) is 0 Å². The Labute approximate surface area is 147 Å². The van der Waals surface area contributed by atoms with Gasteiger partial charge in [0.1, 0.15) is 0 Å². The fraction of sp³-hybridized carbons (Fsp3) is 0.368. The van der Waals surface area contributed by atoms with E-state index >= 15 is 0 Å². The van der Waals surface area contributed by atoms with E-state index in [0.29, 0.717) is 10.6 Å². The molecule has 0 bridgehead atoms. The first-order chi connectivity index (χ1) is 11.4. The van der Waals surface area contributed by atoms with Crippen molar-refractivity contribution in [1.29, 1.82) is 0 Å². The van der Waals surface area contributed by atoms with Crippen LogP contribution in [0.4, 0.5) is 0 Å². The van der Waals surface area contributed by atoms with Gasteiger partial charge in [-0.05, 0) is 42.2 Å². The predicted molar refractivity (Wildman–Crippen MR) is 95.7 cm³/mol. The van der Waals surface area contributed by atoms with Gasteiger partial charge in [0.15, 0.2) is 0 Å². The molecule has 0 radical (unpaired) electrons. The highest BCUT2D eigenvalue weighted by Gasteiger charge is 2.22. The molecule has 5 heteroatoms. The number of hydrogen-bond acceptors (Lipinski definition) is 3. The highest BCUT2D eigenvalue weighted by Crippen LogP contribution is 2.24. The van der Waals surface area contributed by atoms with Crippen molar-refractivity contribution in [3.05, 3.63) is 64.4 Å². The van der Waals surface area contributed by atoms with E-state index in [9.17, 15) is 9.90 Å². The summed E-state index contributed by atoms with van der Waals surface area (Å²) in [5.41, 5.74) is 2.57. The maximum absolute atomic E-state index is 12.4. The Morgan fingerprint density at radius 2 is 1.92 bits per heavy atom. The molecule has 0 fully saturated rings. The van der Waals surface area contributed by atoms with Crippen molar-refractivity contribution in [3.8, 4) is 0 Å². The van der Waals surface area contributed by atoms with Crippen LogP contribution in [0.25, 0.3) is 0 Å². The van der Waals surface area contributed by atoms with E-state index in [4.69, 9.17) is 11.6 Å². The van der Waals surface area contributed by atoms with E-state index < -0.39 is 6.10 Å². The average Bonchev–Trinajstić information content (AvgIpc) is 2.53. The number of aryl methyl sites for hydroxylation is 1. The van der Waals surface area contributed by atoms with Gasteiger partial charge in [-0.25, -0.2) is 0 Å². The third kappa shape index (κ3) is 4.79. The summed E-state index contributed by atoms with van der Waals surface area (Å²) in [5.74, 6) is -0.0172. The van der Waals surface area contributed by atoms with Crippen molar-refractivity contribution in [3.63, 3.8) is 0 Å². The minimum Gasteiger partial charge on any atom is -0.388 e. The first-order valence-corrected chi connectivity index (χ1v) is 8.40. The summed E-state index contributed by atoms with van der Waals surface area (Å²) in [5, 5.41) is 13.8. The number of carbonyl (C=O) groups is 1. The molecule has 0 aliphatic heterocycles. The second kappa shape index (κ2) is 8.27. The number of pyridine rings is 1. The summed E-state index contributed by atoms with van der Waals surface area (Å²) < 4.78 is 0. The molecule has 2 rings (SSSR count). The number of amides is 1. The molecule has 0 spiro atoms. The standard InChI is InChI=1S/C19H23ClN2O2/c1-12(2)18(19-13(3)5-4-10-21-19)22-17(24)11-16(23)14-6-8-15(20)9-7-14/h4-10,12,16,18,23H,11H2,1-3H3,(H,22,24). The summed E-state index contributed by atoms with van der Waals surface area (Å²) >= 11 is 5.84. The third-order valence-electron chi connectivity index (χ3n) is 3.96. The number of carbonyl (C=O) groups excluding carboxylic acids is 1. The molecule has 24 heavy (non-hydrogen) atoms. The summed E-state index contributed by atoms with van der Waals surface area (Å²) in [6.45, 7) is 6.05. The fourth-order valence-corrected chi connectivity index (χ4v) is 2.71. The van der Waals surface area contributed by atoms with Crippen LogP contribution in [0.2, 0.25) is 5.02 Å². The first kappa shape index (κ1) is 18.4. The minimum atomic E-state index is -0.861. The number of hydrogen-bond donors (Lipinski definition) is 2. The highest BCUT2D eigenvalue weighted by atomic mass is 35.5. The SMILES string of the molecule is Cc1cccnc1C(NC(=O)CC(O)c1ccc(Cl)cc1)C(C)C. The monoisotopic (exact) mass is 346 g/mol. The van der Waals surface area contributed by atoms with Gasteiger partial charge in [0, 0.05) is 11.2 Å². The van der Waals surface area contributed by atoms with Gasteiger partial charge in [-0.15, -0.1) is 0 Å². The second-order valence-electron chi connectivity index (χ2n) is 6.27. The van der Waals surface area contributed by atoms with Gasteiger partial charge >= 0.3 is 0 Å². The Bertz CT molecular complexity index is 686. The molecule has 0 aliphatic rings. The molecule has 2 unspecified atom stereocenters. The Hall–Kier alpha value is -1.91. The van der Waals surface area contributed by atoms with Crippen LogP contribution < -0.4 is 5.32 Å². The van der Waals surface area contributed by atoms with Crippen molar-refractivity contribution in [2.75, 3.05) is 0 Å². The van der Waals surface area contributed by atoms with E-state index in [0.717, 1.165) is 11.3 Å². The second-order valence-corrected chi connectivity index (χ2v) is 6.70. The lowest BCUT2D eigenvalue weighted by atomic mass is 9.96. The first-order valence-electron chi connectivity index (χ1n) is 8.03. The van der Waals surface area contributed by atoms with Crippen LogP contribution in [-0.4, -0.2) is 16.0 Å². The number of aliphatic hydroxyl groups excluding tert-OH is 1. The maximum atomic E-state index is 12.4. The van der Waals surface area contributed by atoms with Crippen LogP contribution in [0, 0.1) is 12.8 Å². The molecule has 0 saturated heterocycles. The number of rotatable bonds is 6. The molecular weight excluding hydrogens is 324 g/mol. The summed E-state index contributed by atoms with van der Waals surface area (Å²) in [7, 11) is 0. The fourth-order valence-electron chi connectivity index (χ4n) is 2.59. The van der Waals surface area contributed by atoms with E-state index in [-0.39, 0.29) is 24.3 Å². The van der Waals surface area contributed by atoms with E-state index in [1.807, 2.05) is 32.9 Å². The van der Waals surface area contributed by atoms with Gasteiger partial charge in [-0.3, -0.25) is 9.78 Å². The number of nitrogens with one attached hydrogen (secondary N) is 1. The largest absolute Gasteiger partial charge is 0.388 e. The molecule has 1 aromatic carbocycles.